The molecule has 0 aromatic heterocycles. The number of carbonyl (C=O) groups is 2. The molecule has 6 heteroatoms. The van der Waals surface area contributed by atoms with Crippen molar-refractivity contribution in [3.05, 3.63) is 29.8 Å². The zero-order valence-electron chi connectivity index (χ0n) is 9.92. The fraction of sp³-hybridized carbons (Fsp3) is 0.333. The van der Waals surface area contributed by atoms with Gasteiger partial charge < -0.3 is 15.3 Å². The van der Waals surface area contributed by atoms with Crippen molar-refractivity contribution in [2.45, 2.75) is 13.0 Å². The van der Waals surface area contributed by atoms with Crippen molar-refractivity contribution in [1.82, 2.24) is 4.90 Å². The predicted molar refractivity (Wildman–Crippen MR) is 70.8 cm³/mol. The number of carbonyl (C=O) groups excluding carboxylic acids is 1. The first kappa shape index (κ1) is 12.8. The number of urea groups is 1. The van der Waals surface area contributed by atoms with Crippen LogP contribution in [0.3, 0.4) is 0 Å². The maximum atomic E-state index is 12.0. The molecule has 1 aliphatic rings. The van der Waals surface area contributed by atoms with Crippen LogP contribution in [0.1, 0.15) is 5.56 Å². The molecule has 1 atom stereocenters. The maximum absolute atomic E-state index is 12.0. The Balaban J connectivity index is 2.08. The molecule has 0 saturated carbocycles. The number of thioether (sulfide) groups is 1. The van der Waals surface area contributed by atoms with E-state index in [0.717, 1.165) is 5.56 Å². The van der Waals surface area contributed by atoms with Crippen molar-refractivity contribution in [3.63, 3.8) is 0 Å². The van der Waals surface area contributed by atoms with Crippen molar-refractivity contribution in [1.29, 1.82) is 0 Å². The van der Waals surface area contributed by atoms with E-state index in [-0.39, 0.29) is 6.03 Å². The highest BCUT2D eigenvalue weighted by Gasteiger charge is 2.34. The van der Waals surface area contributed by atoms with Gasteiger partial charge in [0.15, 0.2) is 0 Å². The minimum atomic E-state index is -0.958. The van der Waals surface area contributed by atoms with E-state index < -0.39 is 12.0 Å². The second kappa shape index (κ2) is 5.30. The third-order valence-electron chi connectivity index (χ3n) is 2.81. The molecule has 1 saturated heterocycles. The molecular formula is C12H14N2O3S. The van der Waals surface area contributed by atoms with Crippen molar-refractivity contribution in [2.24, 2.45) is 0 Å². The van der Waals surface area contributed by atoms with Gasteiger partial charge in [-0.2, -0.15) is 0 Å². The van der Waals surface area contributed by atoms with Crippen LogP contribution in [0.4, 0.5) is 10.5 Å². The molecule has 1 aromatic carbocycles. The number of para-hydroxylation sites is 1. The molecular weight excluding hydrogens is 252 g/mol. The van der Waals surface area contributed by atoms with Gasteiger partial charge in [-0.15, -0.1) is 11.8 Å². The highest BCUT2D eigenvalue weighted by molar-refractivity contribution is 7.99. The number of carboxylic acid groups (broad SMARTS) is 1. The van der Waals surface area contributed by atoms with Gasteiger partial charge >= 0.3 is 12.0 Å². The fourth-order valence-corrected chi connectivity index (χ4v) is 2.89. The van der Waals surface area contributed by atoms with Gasteiger partial charge in [-0.25, -0.2) is 9.59 Å². The molecule has 1 fully saturated rings. The van der Waals surface area contributed by atoms with Crippen LogP contribution < -0.4 is 5.32 Å². The van der Waals surface area contributed by atoms with E-state index in [1.54, 1.807) is 6.07 Å². The number of nitrogens with one attached hydrogen (secondary N) is 1. The number of hydrogen-bond donors (Lipinski definition) is 2. The van der Waals surface area contributed by atoms with Crippen molar-refractivity contribution >= 4 is 29.4 Å². The van der Waals surface area contributed by atoms with E-state index in [1.807, 2.05) is 25.1 Å². The average Bonchev–Trinajstić information content (AvgIpc) is 2.81. The molecule has 2 N–H and O–H groups in total. The highest BCUT2D eigenvalue weighted by atomic mass is 32.2. The van der Waals surface area contributed by atoms with E-state index in [1.165, 1.54) is 16.7 Å². The predicted octanol–water partition coefficient (Wildman–Crippen LogP) is 1.99. The fourth-order valence-electron chi connectivity index (χ4n) is 1.75. The summed E-state index contributed by atoms with van der Waals surface area (Å²) in [5, 5.41) is 11.8. The molecule has 2 rings (SSSR count). The van der Waals surface area contributed by atoms with E-state index in [0.29, 0.717) is 17.3 Å². The molecule has 18 heavy (non-hydrogen) atoms. The van der Waals surface area contributed by atoms with Gasteiger partial charge in [0, 0.05) is 11.4 Å². The zero-order chi connectivity index (χ0) is 13.1. The Morgan fingerprint density at radius 1 is 1.44 bits per heavy atom. The molecule has 1 unspecified atom stereocenters. The molecule has 0 aliphatic carbocycles. The van der Waals surface area contributed by atoms with Crippen LogP contribution in [0.5, 0.6) is 0 Å². The third-order valence-corrected chi connectivity index (χ3v) is 3.83. The van der Waals surface area contributed by atoms with Gasteiger partial charge in [0.1, 0.15) is 6.04 Å². The van der Waals surface area contributed by atoms with Crippen LogP contribution in [0.25, 0.3) is 0 Å². The van der Waals surface area contributed by atoms with Gasteiger partial charge in [-0.3, -0.25) is 0 Å². The first-order valence-corrected chi connectivity index (χ1v) is 6.69. The first-order chi connectivity index (χ1) is 8.59. The smallest absolute Gasteiger partial charge is 0.327 e. The number of anilines is 1. The standard InChI is InChI=1S/C12H14N2O3S/c1-8-4-2-3-5-9(8)13-12(17)14-7-18-6-10(14)11(15)16/h2-5,10H,6-7H2,1H3,(H,13,17)(H,15,16). The van der Waals surface area contributed by atoms with E-state index in [4.69, 9.17) is 5.11 Å². The lowest BCUT2D eigenvalue weighted by atomic mass is 10.2. The lowest BCUT2D eigenvalue weighted by Gasteiger charge is -2.21. The average molecular weight is 266 g/mol. The number of amides is 2. The van der Waals surface area contributed by atoms with Crippen molar-refractivity contribution < 1.29 is 14.7 Å². The number of carboxylic acids is 1. The SMILES string of the molecule is Cc1ccccc1NC(=O)N1CSCC1C(=O)O. The number of aliphatic carboxylic acids is 1. The second-order valence-electron chi connectivity index (χ2n) is 4.07. The van der Waals surface area contributed by atoms with E-state index in [2.05, 4.69) is 5.32 Å². The lowest BCUT2D eigenvalue weighted by molar-refractivity contribution is -0.140. The Bertz CT molecular complexity index is 478. The summed E-state index contributed by atoms with van der Waals surface area (Å²) in [7, 11) is 0. The molecule has 1 aromatic rings. The number of hydrogen-bond acceptors (Lipinski definition) is 3. The number of nitrogens with zero attached hydrogens (tertiary/aromatic N) is 1. The lowest BCUT2D eigenvalue weighted by Crippen LogP contribution is -2.44. The van der Waals surface area contributed by atoms with Gasteiger partial charge in [0.25, 0.3) is 0 Å². The Morgan fingerprint density at radius 3 is 2.83 bits per heavy atom. The molecule has 0 bridgehead atoms. The normalized spacial score (nSPS) is 18.7. The zero-order valence-corrected chi connectivity index (χ0v) is 10.7. The number of rotatable bonds is 2. The van der Waals surface area contributed by atoms with Gasteiger partial charge in [0.05, 0.1) is 5.88 Å². The summed E-state index contributed by atoms with van der Waals surface area (Å²) in [4.78, 5) is 24.4. The third kappa shape index (κ3) is 2.59. The molecule has 1 heterocycles. The van der Waals surface area contributed by atoms with Crippen LogP contribution in [0.2, 0.25) is 0 Å². The van der Waals surface area contributed by atoms with Crippen LogP contribution in [0, 0.1) is 6.92 Å². The van der Waals surface area contributed by atoms with E-state index >= 15 is 0 Å². The summed E-state index contributed by atoms with van der Waals surface area (Å²) in [6, 6.07) is 6.31. The summed E-state index contributed by atoms with van der Waals surface area (Å²) in [5.74, 6) is -0.106. The van der Waals surface area contributed by atoms with Gasteiger partial charge in [0.2, 0.25) is 0 Å². The Kier molecular flexibility index (Phi) is 3.76. The molecule has 96 valence electrons. The van der Waals surface area contributed by atoms with E-state index in [9.17, 15) is 9.59 Å². The van der Waals surface area contributed by atoms with Gasteiger partial charge in [-0.05, 0) is 18.6 Å². The van der Waals surface area contributed by atoms with Crippen molar-refractivity contribution in [2.75, 3.05) is 16.9 Å². The molecule has 5 nitrogen and oxygen atoms in total. The van der Waals surface area contributed by atoms with Crippen LogP contribution in [0.15, 0.2) is 24.3 Å². The summed E-state index contributed by atoms with van der Waals surface area (Å²) in [6.45, 7) is 1.89. The summed E-state index contributed by atoms with van der Waals surface area (Å²) >= 11 is 1.45. The summed E-state index contributed by atoms with van der Waals surface area (Å²) < 4.78 is 0. The molecule has 0 spiro atoms. The molecule has 0 radical (unpaired) electrons. The van der Waals surface area contributed by atoms with Gasteiger partial charge in [-0.1, -0.05) is 18.2 Å². The quantitative estimate of drug-likeness (QED) is 0.859. The van der Waals surface area contributed by atoms with Crippen LogP contribution >= 0.6 is 11.8 Å². The topological polar surface area (TPSA) is 69.6 Å². The Labute approximate surface area is 109 Å². The number of benzene rings is 1. The monoisotopic (exact) mass is 266 g/mol. The Morgan fingerprint density at radius 2 is 2.17 bits per heavy atom. The van der Waals surface area contributed by atoms with Crippen LogP contribution in [-0.4, -0.2) is 39.7 Å². The van der Waals surface area contributed by atoms with Crippen LogP contribution in [-0.2, 0) is 4.79 Å². The number of aryl methyl sites for hydroxylation is 1. The maximum Gasteiger partial charge on any atom is 0.327 e. The second-order valence-corrected chi connectivity index (χ2v) is 5.07. The first-order valence-electron chi connectivity index (χ1n) is 5.53. The Hall–Kier alpha value is -1.69. The largest absolute Gasteiger partial charge is 0.480 e. The highest BCUT2D eigenvalue weighted by Crippen LogP contribution is 2.23. The van der Waals surface area contributed by atoms with Crippen molar-refractivity contribution in [3.8, 4) is 0 Å². The minimum Gasteiger partial charge on any atom is -0.480 e. The minimum absolute atomic E-state index is 0.360. The molecule has 1 aliphatic heterocycles. The summed E-state index contributed by atoms with van der Waals surface area (Å²) in [6.07, 6.45) is 0. The summed E-state index contributed by atoms with van der Waals surface area (Å²) in [5.41, 5.74) is 1.66. The molecule has 2 amide bonds.